The van der Waals surface area contributed by atoms with Crippen LogP contribution >= 0.6 is 11.6 Å². The Morgan fingerprint density at radius 1 is 1.00 bits per heavy atom. The summed E-state index contributed by atoms with van der Waals surface area (Å²) in [6.45, 7) is 5.52. The smallest absolute Gasteiger partial charge is 0.323 e. The van der Waals surface area contributed by atoms with Gasteiger partial charge in [-0.25, -0.2) is 0 Å². The van der Waals surface area contributed by atoms with Gasteiger partial charge in [-0.05, 0) is 69.6 Å². The standard InChI is InChI=1S/C24H41ClN4O3/c1-16(30)27-20-9-5-18(6-10-20)12-28-14-23-21(11-22(28)24(31)32-2)26-15-29(23)13-17-3-7-19(25)8-4-17/h17-23,26H,3-15H2,1-2H3,(H,27,30)/t17?,18?,19?,20?,21?,22-,23?/m0/s1. The number of ether oxygens (including phenoxy) is 1. The first-order valence-electron chi connectivity index (χ1n) is 12.6. The van der Waals surface area contributed by atoms with E-state index in [1.54, 1.807) is 6.92 Å². The van der Waals surface area contributed by atoms with Crippen molar-refractivity contribution < 1.29 is 14.3 Å². The monoisotopic (exact) mass is 468 g/mol. The Bertz CT molecular complexity index is 649. The number of likely N-dealkylation sites (tertiary alicyclic amines) is 1. The van der Waals surface area contributed by atoms with Crippen LogP contribution in [0.2, 0.25) is 0 Å². The highest BCUT2D eigenvalue weighted by Gasteiger charge is 2.45. The van der Waals surface area contributed by atoms with Crippen LogP contribution in [0.15, 0.2) is 0 Å². The molecule has 2 aliphatic heterocycles. The van der Waals surface area contributed by atoms with Gasteiger partial charge in [0.25, 0.3) is 0 Å². The predicted octanol–water partition coefficient (Wildman–Crippen LogP) is 2.33. The predicted molar refractivity (Wildman–Crippen MR) is 125 cm³/mol. The van der Waals surface area contributed by atoms with Crippen LogP contribution < -0.4 is 10.6 Å². The number of carbonyl (C=O) groups excluding carboxylic acids is 2. The van der Waals surface area contributed by atoms with Gasteiger partial charge in [0.1, 0.15) is 6.04 Å². The Morgan fingerprint density at radius 2 is 1.62 bits per heavy atom. The summed E-state index contributed by atoms with van der Waals surface area (Å²) >= 11 is 6.32. The fourth-order valence-electron chi connectivity index (χ4n) is 6.51. The van der Waals surface area contributed by atoms with E-state index in [4.69, 9.17) is 16.3 Å². The molecule has 7 nitrogen and oxygen atoms in total. The maximum atomic E-state index is 12.6. The largest absolute Gasteiger partial charge is 0.468 e. The number of alkyl halides is 1. The van der Waals surface area contributed by atoms with E-state index in [0.717, 1.165) is 77.2 Å². The SMILES string of the molecule is COC(=O)[C@@H]1CC2NCN(CC3CCC(Cl)CC3)C2CN1CC1CCC(NC(C)=O)CC1. The van der Waals surface area contributed by atoms with Gasteiger partial charge in [-0.15, -0.1) is 11.6 Å². The quantitative estimate of drug-likeness (QED) is 0.460. The highest BCUT2D eigenvalue weighted by molar-refractivity contribution is 6.20. The number of fused-ring (bicyclic) bond motifs is 1. The number of methoxy groups -OCH3 is 1. The lowest BCUT2D eigenvalue weighted by atomic mass is 9.84. The minimum atomic E-state index is -0.159. The molecule has 32 heavy (non-hydrogen) atoms. The summed E-state index contributed by atoms with van der Waals surface area (Å²) in [5, 5.41) is 7.12. The number of halogens is 1. The zero-order chi connectivity index (χ0) is 22.7. The number of amides is 1. The Morgan fingerprint density at radius 3 is 2.25 bits per heavy atom. The molecular formula is C24H41ClN4O3. The van der Waals surface area contributed by atoms with Gasteiger partial charge < -0.3 is 10.1 Å². The van der Waals surface area contributed by atoms with Crippen LogP contribution in [0.3, 0.4) is 0 Å². The molecule has 0 radical (unpaired) electrons. The van der Waals surface area contributed by atoms with Gasteiger partial charge in [-0.1, -0.05) is 0 Å². The Hall–Kier alpha value is -0.890. The van der Waals surface area contributed by atoms with Crippen molar-refractivity contribution in [2.45, 2.75) is 94.3 Å². The molecule has 2 aliphatic carbocycles. The van der Waals surface area contributed by atoms with E-state index >= 15 is 0 Å². The molecule has 0 aromatic rings. The molecular weight excluding hydrogens is 428 g/mol. The van der Waals surface area contributed by atoms with Crippen molar-refractivity contribution >= 4 is 23.5 Å². The number of hydrogen-bond donors (Lipinski definition) is 2. The fraction of sp³-hybridized carbons (Fsp3) is 0.917. The molecule has 4 rings (SSSR count). The summed E-state index contributed by atoms with van der Waals surface area (Å²) in [4.78, 5) is 29.0. The molecule has 3 atom stereocenters. The molecule has 182 valence electrons. The second-order valence-corrected chi connectivity index (χ2v) is 11.2. The van der Waals surface area contributed by atoms with Gasteiger partial charge >= 0.3 is 5.97 Å². The minimum Gasteiger partial charge on any atom is -0.468 e. The van der Waals surface area contributed by atoms with Crippen molar-refractivity contribution in [2.75, 3.05) is 33.4 Å². The molecule has 8 heteroatoms. The summed E-state index contributed by atoms with van der Waals surface area (Å²) in [6, 6.07) is 0.965. The fourth-order valence-corrected chi connectivity index (χ4v) is 6.76. The Kier molecular flexibility index (Phi) is 8.35. The molecule has 2 saturated heterocycles. The van der Waals surface area contributed by atoms with Crippen LogP contribution in [0, 0.1) is 11.8 Å². The lowest BCUT2D eigenvalue weighted by Gasteiger charge is -2.44. The van der Waals surface area contributed by atoms with Crippen LogP contribution in [0.4, 0.5) is 0 Å². The summed E-state index contributed by atoms with van der Waals surface area (Å²) < 4.78 is 5.19. The number of piperidine rings is 1. The van der Waals surface area contributed by atoms with Crippen molar-refractivity contribution in [3.8, 4) is 0 Å². The number of esters is 1. The van der Waals surface area contributed by atoms with Crippen molar-refractivity contribution in [1.82, 2.24) is 20.4 Å². The van der Waals surface area contributed by atoms with E-state index in [1.807, 2.05) is 0 Å². The van der Waals surface area contributed by atoms with Gasteiger partial charge in [0.05, 0.1) is 7.11 Å². The van der Waals surface area contributed by atoms with E-state index < -0.39 is 0 Å². The average Bonchev–Trinajstić information content (AvgIpc) is 3.17. The molecule has 0 aromatic carbocycles. The third-order valence-electron chi connectivity index (χ3n) is 8.32. The van der Waals surface area contributed by atoms with Crippen LogP contribution in [-0.2, 0) is 14.3 Å². The van der Waals surface area contributed by atoms with Gasteiger partial charge in [-0.2, -0.15) is 0 Å². The molecule has 4 aliphatic rings. The molecule has 1 amide bonds. The number of carbonyl (C=O) groups is 2. The molecule has 2 heterocycles. The Balaban J connectivity index is 1.35. The average molecular weight is 469 g/mol. The van der Waals surface area contributed by atoms with E-state index in [1.165, 1.54) is 20.0 Å². The van der Waals surface area contributed by atoms with Crippen molar-refractivity contribution in [1.29, 1.82) is 0 Å². The first kappa shape index (κ1) is 24.2. The summed E-state index contributed by atoms with van der Waals surface area (Å²) in [5.41, 5.74) is 0. The highest BCUT2D eigenvalue weighted by atomic mass is 35.5. The number of nitrogens with zero attached hydrogens (tertiary/aromatic N) is 2. The van der Waals surface area contributed by atoms with Gasteiger partial charge in [-0.3, -0.25) is 24.7 Å². The van der Waals surface area contributed by atoms with Crippen LogP contribution in [0.25, 0.3) is 0 Å². The van der Waals surface area contributed by atoms with Crippen LogP contribution in [0.1, 0.15) is 64.7 Å². The molecule has 2 unspecified atom stereocenters. The normalized spacial score (nSPS) is 38.8. The molecule has 2 N–H and O–H groups in total. The molecule has 0 spiro atoms. The second kappa shape index (κ2) is 11.0. The maximum absolute atomic E-state index is 12.6. The van der Waals surface area contributed by atoms with Gasteiger partial charge in [0, 0.05) is 56.7 Å². The third-order valence-corrected chi connectivity index (χ3v) is 8.76. The zero-order valence-electron chi connectivity index (χ0n) is 19.7. The van der Waals surface area contributed by atoms with Crippen LogP contribution in [0.5, 0.6) is 0 Å². The third kappa shape index (κ3) is 5.96. The van der Waals surface area contributed by atoms with E-state index in [-0.39, 0.29) is 17.9 Å². The minimum absolute atomic E-state index is 0.0645. The Labute approximate surface area is 197 Å². The van der Waals surface area contributed by atoms with E-state index in [2.05, 4.69) is 20.4 Å². The van der Waals surface area contributed by atoms with Crippen molar-refractivity contribution in [2.24, 2.45) is 11.8 Å². The topological polar surface area (TPSA) is 73.9 Å². The number of nitrogens with one attached hydrogen (secondary N) is 2. The number of rotatable bonds is 6. The molecule has 0 aromatic heterocycles. The van der Waals surface area contributed by atoms with Crippen molar-refractivity contribution in [3.63, 3.8) is 0 Å². The first-order chi connectivity index (χ1) is 15.4. The summed E-state index contributed by atoms with van der Waals surface area (Å²) in [7, 11) is 1.51. The molecule has 2 saturated carbocycles. The van der Waals surface area contributed by atoms with Crippen LogP contribution in [-0.4, -0.2) is 84.6 Å². The maximum Gasteiger partial charge on any atom is 0.323 e. The lowest BCUT2D eigenvalue weighted by Crippen LogP contribution is -2.59. The lowest BCUT2D eigenvalue weighted by molar-refractivity contribution is -0.149. The molecule has 0 bridgehead atoms. The van der Waals surface area contributed by atoms with Gasteiger partial charge in [0.2, 0.25) is 5.91 Å². The van der Waals surface area contributed by atoms with Gasteiger partial charge in [0.15, 0.2) is 0 Å². The zero-order valence-corrected chi connectivity index (χ0v) is 20.5. The first-order valence-corrected chi connectivity index (χ1v) is 13.1. The summed E-state index contributed by atoms with van der Waals surface area (Å²) in [6.07, 6.45) is 9.83. The second-order valence-electron chi connectivity index (χ2n) is 10.6. The highest BCUT2D eigenvalue weighted by Crippen LogP contribution is 2.33. The van der Waals surface area contributed by atoms with E-state index in [0.29, 0.717) is 29.4 Å². The van der Waals surface area contributed by atoms with Crippen molar-refractivity contribution in [3.05, 3.63) is 0 Å². The number of hydrogen-bond acceptors (Lipinski definition) is 6. The summed E-state index contributed by atoms with van der Waals surface area (Å²) in [5.74, 6) is 1.28. The molecule has 4 fully saturated rings. The van der Waals surface area contributed by atoms with E-state index in [9.17, 15) is 9.59 Å².